The van der Waals surface area contributed by atoms with Crippen molar-refractivity contribution in [1.82, 2.24) is 10.3 Å². The van der Waals surface area contributed by atoms with Crippen LogP contribution in [-0.4, -0.2) is 16.8 Å². The third kappa shape index (κ3) is 5.48. The van der Waals surface area contributed by atoms with E-state index in [9.17, 15) is 14.0 Å². The number of pyridine rings is 1. The lowest BCUT2D eigenvalue weighted by molar-refractivity contribution is -0.121. The van der Waals surface area contributed by atoms with E-state index in [0.29, 0.717) is 29.8 Å². The average Bonchev–Trinajstić information content (AvgIpc) is 2.73. The van der Waals surface area contributed by atoms with E-state index in [1.165, 1.54) is 12.3 Å². The van der Waals surface area contributed by atoms with E-state index in [4.69, 9.17) is 0 Å². The van der Waals surface area contributed by atoms with Crippen LogP contribution in [0.1, 0.15) is 27.9 Å². The van der Waals surface area contributed by atoms with Gasteiger partial charge in [0.2, 0.25) is 5.91 Å². The number of rotatable bonds is 7. The topological polar surface area (TPSA) is 71.1 Å². The van der Waals surface area contributed by atoms with Crippen molar-refractivity contribution in [2.45, 2.75) is 19.4 Å². The Morgan fingerprint density at radius 3 is 2.46 bits per heavy atom. The number of nitrogens with one attached hydrogen (secondary N) is 2. The Labute approximate surface area is 162 Å². The molecule has 0 saturated heterocycles. The lowest BCUT2D eigenvalue weighted by atomic mass is 10.1. The maximum Gasteiger partial charge on any atom is 0.257 e. The Bertz CT molecular complexity index is 944. The summed E-state index contributed by atoms with van der Waals surface area (Å²) in [6, 6.07) is 17.0. The number of carbonyl (C=O) groups is 2. The molecule has 6 heteroatoms. The molecule has 3 aromatic rings. The second-order valence-corrected chi connectivity index (χ2v) is 6.26. The number of benzene rings is 2. The van der Waals surface area contributed by atoms with Gasteiger partial charge in [-0.3, -0.25) is 14.6 Å². The van der Waals surface area contributed by atoms with Crippen molar-refractivity contribution in [1.29, 1.82) is 0 Å². The van der Waals surface area contributed by atoms with Crippen LogP contribution in [0.3, 0.4) is 0 Å². The zero-order valence-corrected chi connectivity index (χ0v) is 15.2. The first-order valence-electron chi connectivity index (χ1n) is 8.92. The highest BCUT2D eigenvalue weighted by Crippen LogP contribution is 2.12. The number of halogens is 1. The van der Waals surface area contributed by atoms with Gasteiger partial charge in [0.05, 0.1) is 5.56 Å². The number of aryl methyl sites for hydroxylation is 1. The van der Waals surface area contributed by atoms with Crippen LogP contribution < -0.4 is 10.6 Å². The van der Waals surface area contributed by atoms with Crippen molar-refractivity contribution >= 4 is 17.5 Å². The van der Waals surface area contributed by atoms with Gasteiger partial charge in [-0.05, 0) is 47.9 Å². The molecule has 0 bridgehead atoms. The molecule has 0 atom stereocenters. The Morgan fingerprint density at radius 1 is 0.964 bits per heavy atom. The zero-order valence-electron chi connectivity index (χ0n) is 15.2. The highest BCUT2D eigenvalue weighted by atomic mass is 19.1. The molecule has 1 heterocycles. The van der Waals surface area contributed by atoms with E-state index < -0.39 is 0 Å². The SMILES string of the molecule is O=C(CCc1ccccc1F)NCc1ccc(NC(=O)c2cccnc2)cc1. The van der Waals surface area contributed by atoms with Gasteiger partial charge in [0.25, 0.3) is 5.91 Å². The third-order valence-corrected chi connectivity index (χ3v) is 4.20. The minimum absolute atomic E-state index is 0.141. The van der Waals surface area contributed by atoms with Gasteiger partial charge < -0.3 is 10.6 Å². The number of anilines is 1. The maximum absolute atomic E-state index is 13.6. The van der Waals surface area contributed by atoms with Crippen molar-refractivity contribution in [3.05, 3.63) is 95.6 Å². The van der Waals surface area contributed by atoms with Crippen molar-refractivity contribution < 1.29 is 14.0 Å². The van der Waals surface area contributed by atoms with Crippen LogP contribution in [0, 0.1) is 5.82 Å². The quantitative estimate of drug-likeness (QED) is 0.659. The Kier molecular flexibility index (Phi) is 6.46. The van der Waals surface area contributed by atoms with E-state index in [2.05, 4.69) is 15.6 Å². The summed E-state index contributed by atoms with van der Waals surface area (Å²) in [4.78, 5) is 28.0. The summed E-state index contributed by atoms with van der Waals surface area (Å²) in [7, 11) is 0. The molecule has 142 valence electrons. The smallest absolute Gasteiger partial charge is 0.257 e. The summed E-state index contributed by atoms with van der Waals surface area (Å²) in [6.07, 6.45) is 3.69. The first kappa shape index (κ1) is 19.2. The van der Waals surface area contributed by atoms with Gasteiger partial charge in [0.1, 0.15) is 5.82 Å². The lowest BCUT2D eigenvalue weighted by Gasteiger charge is -2.08. The van der Waals surface area contributed by atoms with Crippen molar-refractivity contribution in [2.24, 2.45) is 0 Å². The summed E-state index contributed by atoms with van der Waals surface area (Å²) >= 11 is 0. The molecule has 2 N–H and O–H groups in total. The van der Waals surface area contributed by atoms with Crippen LogP contribution in [0.5, 0.6) is 0 Å². The van der Waals surface area contributed by atoms with E-state index >= 15 is 0 Å². The van der Waals surface area contributed by atoms with Gasteiger partial charge in [0, 0.05) is 31.0 Å². The van der Waals surface area contributed by atoms with Gasteiger partial charge in [-0.15, -0.1) is 0 Å². The number of hydrogen-bond donors (Lipinski definition) is 2. The molecule has 0 aliphatic carbocycles. The molecule has 0 radical (unpaired) electrons. The summed E-state index contributed by atoms with van der Waals surface area (Å²) in [5, 5.41) is 5.61. The fourth-order valence-electron chi connectivity index (χ4n) is 2.64. The summed E-state index contributed by atoms with van der Waals surface area (Å²) in [5.74, 6) is -0.668. The molecule has 0 unspecified atom stereocenters. The number of hydrogen-bond acceptors (Lipinski definition) is 3. The number of amides is 2. The Balaban J connectivity index is 1.46. The molecule has 0 fully saturated rings. The van der Waals surface area contributed by atoms with E-state index in [-0.39, 0.29) is 24.1 Å². The minimum Gasteiger partial charge on any atom is -0.352 e. The molecule has 0 aliphatic rings. The highest BCUT2D eigenvalue weighted by Gasteiger charge is 2.07. The molecule has 28 heavy (non-hydrogen) atoms. The predicted molar refractivity (Wildman–Crippen MR) is 105 cm³/mol. The lowest BCUT2D eigenvalue weighted by Crippen LogP contribution is -2.23. The van der Waals surface area contributed by atoms with Crippen molar-refractivity contribution in [2.75, 3.05) is 5.32 Å². The summed E-state index contributed by atoms with van der Waals surface area (Å²) in [5.41, 5.74) is 2.57. The summed E-state index contributed by atoms with van der Waals surface area (Å²) < 4.78 is 13.6. The standard InChI is InChI=1S/C22H20FN3O2/c23-20-6-2-1-4-17(20)9-12-21(27)25-14-16-7-10-19(11-8-16)26-22(28)18-5-3-13-24-15-18/h1-8,10-11,13,15H,9,12,14H2,(H,25,27)(H,26,28). The molecule has 0 aliphatic heterocycles. The maximum atomic E-state index is 13.6. The second-order valence-electron chi connectivity index (χ2n) is 6.26. The van der Waals surface area contributed by atoms with Gasteiger partial charge in [-0.2, -0.15) is 0 Å². The van der Waals surface area contributed by atoms with Crippen LogP contribution in [0.2, 0.25) is 0 Å². The van der Waals surface area contributed by atoms with Crippen LogP contribution in [0.4, 0.5) is 10.1 Å². The molecule has 2 aromatic carbocycles. The van der Waals surface area contributed by atoms with Gasteiger partial charge in [-0.1, -0.05) is 30.3 Å². The first-order valence-corrected chi connectivity index (χ1v) is 8.92. The Morgan fingerprint density at radius 2 is 1.75 bits per heavy atom. The van der Waals surface area contributed by atoms with Crippen LogP contribution in [0.25, 0.3) is 0 Å². The monoisotopic (exact) mass is 377 g/mol. The van der Waals surface area contributed by atoms with Crippen LogP contribution >= 0.6 is 0 Å². The first-order chi connectivity index (χ1) is 13.6. The molecule has 0 spiro atoms. The van der Waals surface area contributed by atoms with Gasteiger partial charge >= 0.3 is 0 Å². The molecular weight excluding hydrogens is 357 g/mol. The number of aromatic nitrogens is 1. The van der Waals surface area contributed by atoms with Crippen LogP contribution in [-0.2, 0) is 17.8 Å². The number of carbonyl (C=O) groups excluding carboxylic acids is 2. The Hall–Kier alpha value is -3.54. The minimum atomic E-state index is -0.292. The zero-order chi connectivity index (χ0) is 19.8. The average molecular weight is 377 g/mol. The van der Waals surface area contributed by atoms with E-state index in [0.717, 1.165) is 5.56 Å². The molecule has 1 aromatic heterocycles. The van der Waals surface area contributed by atoms with Gasteiger partial charge in [-0.25, -0.2) is 4.39 Å². The van der Waals surface area contributed by atoms with Crippen molar-refractivity contribution in [3.8, 4) is 0 Å². The molecular formula is C22H20FN3O2. The van der Waals surface area contributed by atoms with E-state index in [1.54, 1.807) is 48.7 Å². The normalized spacial score (nSPS) is 10.3. The predicted octanol–water partition coefficient (Wildman–Crippen LogP) is 3.72. The molecule has 2 amide bonds. The van der Waals surface area contributed by atoms with Crippen molar-refractivity contribution in [3.63, 3.8) is 0 Å². The molecule has 0 saturated carbocycles. The largest absolute Gasteiger partial charge is 0.352 e. The van der Waals surface area contributed by atoms with E-state index in [1.807, 2.05) is 12.1 Å². The third-order valence-electron chi connectivity index (χ3n) is 4.20. The fraction of sp³-hybridized carbons (Fsp3) is 0.136. The van der Waals surface area contributed by atoms with Gasteiger partial charge in [0.15, 0.2) is 0 Å². The number of nitrogens with zero attached hydrogens (tertiary/aromatic N) is 1. The second kappa shape index (κ2) is 9.41. The highest BCUT2D eigenvalue weighted by molar-refractivity contribution is 6.04. The fourth-order valence-corrected chi connectivity index (χ4v) is 2.64. The molecule has 5 nitrogen and oxygen atoms in total. The van der Waals surface area contributed by atoms with Crippen LogP contribution in [0.15, 0.2) is 73.1 Å². The summed E-state index contributed by atoms with van der Waals surface area (Å²) in [6.45, 7) is 0.368. The molecule has 3 rings (SSSR count).